The second-order valence-corrected chi connectivity index (χ2v) is 7.22. The Kier molecular flexibility index (Phi) is 6.64. The Morgan fingerprint density at radius 2 is 2.00 bits per heavy atom. The summed E-state index contributed by atoms with van der Waals surface area (Å²) in [7, 11) is 0. The zero-order valence-electron chi connectivity index (χ0n) is 17.3. The molecule has 0 radical (unpaired) electrons. The quantitative estimate of drug-likeness (QED) is 0.538. The molecular formula is C21H20F3N5O3. The fourth-order valence-corrected chi connectivity index (χ4v) is 3.27. The molecule has 8 nitrogen and oxygen atoms in total. The van der Waals surface area contributed by atoms with Crippen LogP contribution in [0.1, 0.15) is 25.8 Å². The lowest BCUT2D eigenvalue weighted by Gasteiger charge is -2.13. The average Bonchev–Trinajstić information content (AvgIpc) is 3.05. The van der Waals surface area contributed by atoms with Gasteiger partial charge in [-0.05, 0) is 38.0 Å². The number of H-pyrrole nitrogens is 1. The Labute approximate surface area is 180 Å². The molecule has 0 saturated carbocycles. The predicted molar refractivity (Wildman–Crippen MR) is 111 cm³/mol. The number of aromatic amines is 1. The molecule has 1 aromatic carbocycles. The maximum absolute atomic E-state index is 12.5. The van der Waals surface area contributed by atoms with Gasteiger partial charge in [0.15, 0.2) is 0 Å². The van der Waals surface area contributed by atoms with Crippen LogP contribution in [0.2, 0.25) is 0 Å². The largest absolute Gasteiger partial charge is 0.471 e. The van der Waals surface area contributed by atoms with Gasteiger partial charge >= 0.3 is 12.1 Å². The van der Waals surface area contributed by atoms with E-state index in [-0.39, 0.29) is 28.4 Å². The van der Waals surface area contributed by atoms with Crippen LogP contribution in [-0.2, 0) is 16.1 Å². The number of alkyl halides is 3. The molecule has 11 heteroatoms. The van der Waals surface area contributed by atoms with Gasteiger partial charge in [0.1, 0.15) is 22.7 Å². The summed E-state index contributed by atoms with van der Waals surface area (Å²) in [6.45, 7) is 4.58. The van der Waals surface area contributed by atoms with E-state index in [1.807, 2.05) is 13.8 Å². The van der Waals surface area contributed by atoms with Gasteiger partial charge in [0.05, 0.1) is 18.1 Å². The Hall–Kier alpha value is -3.65. The molecule has 2 N–H and O–H groups in total. The molecule has 0 saturated heterocycles. The van der Waals surface area contributed by atoms with Crippen LogP contribution in [0.25, 0.3) is 22.3 Å². The molecule has 3 rings (SSSR count). The molecule has 2 heterocycles. The van der Waals surface area contributed by atoms with E-state index in [0.717, 1.165) is 0 Å². The predicted octanol–water partition coefficient (Wildman–Crippen LogP) is 3.58. The lowest BCUT2D eigenvalue weighted by atomic mass is 10.1. The summed E-state index contributed by atoms with van der Waals surface area (Å²) in [5, 5.41) is 11.5. The first-order valence-electron chi connectivity index (χ1n) is 9.73. The van der Waals surface area contributed by atoms with Crippen molar-refractivity contribution >= 4 is 22.6 Å². The third-order valence-corrected chi connectivity index (χ3v) is 4.60. The number of rotatable bonds is 7. The fraction of sp³-hybridized carbons (Fsp3) is 0.333. The number of carbonyl (C=O) groups excluding carboxylic acids is 1. The summed E-state index contributed by atoms with van der Waals surface area (Å²) in [6, 6.07) is 7.60. The van der Waals surface area contributed by atoms with Crippen molar-refractivity contribution in [2.75, 3.05) is 11.9 Å². The maximum Gasteiger partial charge on any atom is 0.471 e. The van der Waals surface area contributed by atoms with Gasteiger partial charge in [-0.2, -0.15) is 18.4 Å². The highest BCUT2D eigenvalue weighted by atomic mass is 19.4. The normalized spacial score (nSPS) is 11.7. The van der Waals surface area contributed by atoms with Gasteiger partial charge in [-0.25, -0.2) is 4.98 Å². The number of halogens is 3. The molecule has 3 aromatic rings. The number of hydrogen-bond donors (Lipinski definition) is 2. The molecule has 1 amide bonds. The molecule has 32 heavy (non-hydrogen) atoms. The van der Waals surface area contributed by atoms with E-state index in [9.17, 15) is 28.0 Å². The van der Waals surface area contributed by atoms with Crippen molar-refractivity contribution in [1.29, 1.82) is 5.26 Å². The number of ether oxygens (including phenoxy) is 1. The third-order valence-electron chi connectivity index (χ3n) is 4.60. The monoisotopic (exact) mass is 447 g/mol. The van der Waals surface area contributed by atoms with Crippen molar-refractivity contribution in [1.82, 2.24) is 14.5 Å². The highest BCUT2D eigenvalue weighted by Crippen LogP contribution is 2.32. The van der Waals surface area contributed by atoms with E-state index >= 15 is 0 Å². The van der Waals surface area contributed by atoms with Gasteiger partial charge in [0, 0.05) is 18.8 Å². The van der Waals surface area contributed by atoms with E-state index in [2.05, 4.69) is 16.0 Å². The van der Waals surface area contributed by atoms with Crippen LogP contribution >= 0.6 is 0 Å². The zero-order chi connectivity index (χ0) is 23.5. The Morgan fingerprint density at radius 3 is 2.59 bits per heavy atom. The number of aromatic nitrogens is 3. The summed E-state index contributed by atoms with van der Waals surface area (Å²) < 4.78 is 44.7. The maximum atomic E-state index is 12.5. The van der Waals surface area contributed by atoms with Crippen LogP contribution < -0.4 is 10.9 Å². The smallest absolute Gasteiger partial charge is 0.379 e. The number of carbonyl (C=O) groups is 1. The summed E-state index contributed by atoms with van der Waals surface area (Å²) >= 11 is 0. The van der Waals surface area contributed by atoms with Crippen molar-refractivity contribution < 1.29 is 22.7 Å². The van der Waals surface area contributed by atoms with Crippen molar-refractivity contribution in [2.24, 2.45) is 0 Å². The van der Waals surface area contributed by atoms with E-state index in [1.54, 1.807) is 9.88 Å². The average molecular weight is 447 g/mol. The first-order chi connectivity index (χ1) is 15.1. The van der Waals surface area contributed by atoms with Crippen LogP contribution in [0.5, 0.6) is 0 Å². The summed E-state index contributed by atoms with van der Waals surface area (Å²) in [6.07, 6.45) is -3.22. The molecule has 0 fully saturated rings. The molecule has 0 aliphatic rings. The molecule has 0 bridgehead atoms. The highest BCUT2D eigenvalue weighted by molar-refractivity contribution is 5.95. The number of nitrogens with one attached hydrogen (secondary N) is 2. The number of benzene rings is 1. The van der Waals surface area contributed by atoms with Crippen LogP contribution in [0.4, 0.5) is 18.9 Å². The lowest BCUT2D eigenvalue weighted by molar-refractivity contribution is -0.167. The van der Waals surface area contributed by atoms with Crippen molar-refractivity contribution in [3.63, 3.8) is 0 Å². The van der Waals surface area contributed by atoms with Crippen molar-refractivity contribution in [3.8, 4) is 17.3 Å². The fourth-order valence-electron chi connectivity index (χ4n) is 3.27. The van der Waals surface area contributed by atoms with Gasteiger partial charge < -0.3 is 19.6 Å². The number of fused-ring (bicyclic) bond motifs is 1. The molecule has 0 aliphatic carbocycles. The van der Waals surface area contributed by atoms with Gasteiger partial charge in [0.25, 0.3) is 5.56 Å². The van der Waals surface area contributed by atoms with E-state index in [1.165, 1.54) is 30.6 Å². The molecule has 0 unspecified atom stereocenters. The molecule has 2 aromatic heterocycles. The Morgan fingerprint density at radius 1 is 1.31 bits per heavy atom. The second-order valence-electron chi connectivity index (χ2n) is 7.22. The number of hydrogen-bond acceptors (Lipinski definition) is 5. The first-order valence-corrected chi connectivity index (χ1v) is 9.73. The molecular weight excluding hydrogens is 427 g/mol. The minimum Gasteiger partial charge on any atom is -0.379 e. The third kappa shape index (κ3) is 4.81. The number of nitrogens with zero attached hydrogens (tertiary/aromatic N) is 3. The Balaban J connectivity index is 2.04. The second kappa shape index (κ2) is 9.23. The van der Waals surface area contributed by atoms with Crippen molar-refractivity contribution in [2.45, 2.75) is 39.1 Å². The molecule has 0 atom stereocenters. The van der Waals surface area contributed by atoms with Gasteiger partial charge in [-0.3, -0.25) is 9.59 Å². The van der Waals surface area contributed by atoms with E-state index in [0.29, 0.717) is 30.8 Å². The molecule has 0 spiro atoms. The van der Waals surface area contributed by atoms with Gasteiger partial charge in [-0.1, -0.05) is 12.1 Å². The summed E-state index contributed by atoms with van der Waals surface area (Å²) in [5.41, 5.74) is 1.03. The van der Waals surface area contributed by atoms with Crippen LogP contribution in [0.15, 0.2) is 35.4 Å². The number of amides is 1. The topological polar surface area (TPSA) is 113 Å². The van der Waals surface area contributed by atoms with Crippen LogP contribution in [0.3, 0.4) is 0 Å². The lowest BCUT2D eigenvalue weighted by Crippen LogP contribution is -2.29. The van der Waals surface area contributed by atoms with E-state index in [4.69, 9.17) is 4.74 Å². The van der Waals surface area contributed by atoms with Gasteiger partial charge in [0.2, 0.25) is 0 Å². The van der Waals surface area contributed by atoms with Crippen LogP contribution in [-0.4, -0.2) is 39.3 Å². The summed E-state index contributed by atoms with van der Waals surface area (Å²) in [4.78, 5) is 30.3. The minimum absolute atomic E-state index is 0.0371. The Bertz CT molecular complexity index is 1220. The number of nitriles is 1. The van der Waals surface area contributed by atoms with Gasteiger partial charge in [-0.15, -0.1) is 0 Å². The summed E-state index contributed by atoms with van der Waals surface area (Å²) in [5.74, 6) is -2.09. The zero-order valence-corrected chi connectivity index (χ0v) is 17.3. The highest BCUT2D eigenvalue weighted by Gasteiger charge is 2.38. The van der Waals surface area contributed by atoms with E-state index < -0.39 is 17.6 Å². The molecule has 168 valence electrons. The number of anilines is 1. The number of aryl methyl sites for hydroxylation is 1. The minimum atomic E-state index is -5.01. The molecule has 0 aliphatic heterocycles. The standard InChI is InChI=1S/C21H20F3N5O3/c1-12(2)32-9-3-8-29-17(15(10-25)16-18(29)19(30)27-11-26-16)13-4-6-14(7-5-13)28-20(31)21(22,23)24/h4-7,11-12H,3,8-9H2,1-2H3,(H,28,31)(H,26,27,30). The van der Waals surface area contributed by atoms with Crippen molar-refractivity contribution in [3.05, 3.63) is 46.5 Å². The first kappa shape index (κ1) is 23.0. The van der Waals surface area contributed by atoms with Crippen LogP contribution in [0, 0.1) is 11.3 Å². The SMILES string of the molecule is CC(C)OCCCn1c(-c2ccc(NC(=O)C(F)(F)F)cc2)c(C#N)c2nc[nH]c(=O)c21.